The van der Waals surface area contributed by atoms with E-state index < -0.39 is 0 Å². The van der Waals surface area contributed by atoms with Gasteiger partial charge < -0.3 is 9.64 Å². The highest BCUT2D eigenvalue weighted by atomic mass is 19.1. The van der Waals surface area contributed by atoms with Crippen LogP contribution in [0.15, 0.2) is 48.9 Å². The zero-order chi connectivity index (χ0) is 23.5. The van der Waals surface area contributed by atoms with E-state index in [4.69, 9.17) is 9.72 Å². The average Bonchev–Trinajstić information content (AvgIpc) is 3.24. The molecule has 9 heteroatoms. The van der Waals surface area contributed by atoms with Gasteiger partial charge in [0.05, 0.1) is 23.8 Å². The molecule has 0 spiro atoms. The number of H-pyrrole nitrogens is 1. The molecule has 34 heavy (non-hydrogen) atoms. The molecule has 1 aliphatic heterocycles. The third-order valence-electron chi connectivity index (χ3n) is 5.78. The van der Waals surface area contributed by atoms with Gasteiger partial charge in [-0.05, 0) is 38.1 Å². The zero-order valence-electron chi connectivity index (χ0n) is 19.2. The van der Waals surface area contributed by atoms with Gasteiger partial charge in [0.15, 0.2) is 5.82 Å². The fraction of sp³-hybridized carbons (Fsp3) is 0.320. The predicted molar refractivity (Wildman–Crippen MR) is 126 cm³/mol. The number of pyridine rings is 2. The Bertz CT molecular complexity index is 1270. The van der Waals surface area contributed by atoms with Gasteiger partial charge in [-0.3, -0.25) is 10.1 Å². The van der Waals surface area contributed by atoms with Crippen LogP contribution in [0.5, 0.6) is 5.75 Å². The number of nitrogens with zero attached hydrogens (tertiary/aromatic N) is 6. The number of rotatable bonds is 6. The summed E-state index contributed by atoms with van der Waals surface area (Å²) in [6.45, 7) is 5.58. The zero-order valence-corrected chi connectivity index (χ0v) is 19.2. The Hall–Kier alpha value is -3.88. The number of ether oxygens (including phenoxy) is 1. The first kappa shape index (κ1) is 21.9. The van der Waals surface area contributed by atoms with Crippen LogP contribution in [0.1, 0.15) is 35.6 Å². The standard InChI is InChI=1S/C25H26FN7O/c1-16-9-20(12-21-10-17(2)31-32-21)30-25(29-16)18-3-4-24(28-13-18)33-7-5-22(6-8-33)34-23-11-19(26)14-27-15-23/h3-4,9-11,13-15,22H,5-8,12H2,1-2H3,(H,31,32). The lowest BCUT2D eigenvalue weighted by Gasteiger charge is -2.32. The molecule has 0 aliphatic carbocycles. The second-order valence-electron chi connectivity index (χ2n) is 8.59. The van der Waals surface area contributed by atoms with Crippen molar-refractivity contribution >= 4 is 5.82 Å². The van der Waals surface area contributed by atoms with E-state index in [-0.39, 0.29) is 11.9 Å². The van der Waals surface area contributed by atoms with Gasteiger partial charge in [0.25, 0.3) is 0 Å². The summed E-state index contributed by atoms with van der Waals surface area (Å²) >= 11 is 0. The monoisotopic (exact) mass is 459 g/mol. The molecule has 0 aromatic carbocycles. The number of anilines is 1. The molecule has 0 saturated carbocycles. The minimum absolute atomic E-state index is 0.0385. The summed E-state index contributed by atoms with van der Waals surface area (Å²) < 4.78 is 19.2. The highest BCUT2D eigenvalue weighted by Crippen LogP contribution is 2.24. The molecular formula is C25H26FN7O. The van der Waals surface area contributed by atoms with Crippen LogP contribution in [0.25, 0.3) is 11.4 Å². The van der Waals surface area contributed by atoms with E-state index in [1.807, 2.05) is 44.3 Å². The largest absolute Gasteiger partial charge is 0.489 e. The van der Waals surface area contributed by atoms with Crippen LogP contribution in [0.3, 0.4) is 0 Å². The minimum Gasteiger partial charge on any atom is -0.489 e. The minimum atomic E-state index is -0.389. The fourth-order valence-corrected chi connectivity index (χ4v) is 4.16. The molecule has 1 saturated heterocycles. The van der Waals surface area contributed by atoms with Gasteiger partial charge in [0, 0.05) is 61.6 Å². The Labute approximate surface area is 197 Å². The average molecular weight is 460 g/mol. The van der Waals surface area contributed by atoms with Crippen molar-refractivity contribution in [1.29, 1.82) is 0 Å². The summed E-state index contributed by atoms with van der Waals surface area (Å²) in [6.07, 6.45) is 6.89. The molecule has 0 bridgehead atoms. The van der Waals surface area contributed by atoms with Crippen LogP contribution in [0.4, 0.5) is 10.2 Å². The Balaban J connectivity index is 1.23. The van der Waals surface area contributed by atoms with Crippen LogP contribution in [0, 0.1) is 19.7 Å². The van der Waals surface area contributed by atoms with Crippen molar-refractivity contribution in [2.45, 2.75) is 39.2 Å². The van der Waals surface area contributed by atoms with Crippen LogP contribution in [0.2, 0.25) is 0 Å². The number of hydrogen-bond donors (Lipinski definition) is 1. The molecule has 4 aromatic heterocycles. The molecule has 174 valence electrons. The van der Waals surface area contributed by atoms with Crippen LogP contribution >= 0.6 is 0 Å². The normalized spacial score (nSPS) is 14.4. The quantitative estimate of drug-likeness (QED) is 0.465. The molecule has 0 radical (unpaired) electrons. The van der Waals surface area contributed by atoms with E-state index >= 15 is 0 Å². The molecule has 4 aromatic rings. The van der Waals surface area contributed by atoms with E-state index in [1.165, 1.54) is 12.3 Å². The van der Waals surface area contributed by atoms with Crippen molar-refractivity contribution < 1.29 is 9.13 Å². The first-order valence-electron chi connectivity index (χ1n) is 11.4. The summed E-state index contributed by atoms with van der Waals surface area (Å²) in [6, 6.07) is 9.41. The molecule has 0 unspecified atom stereocenters. The van der Waals surface area contributed by atoms with Crippen molar-refractivity contribution in [2.24, 2.45) is 0 Å². The van der Waals surface area contributed by atoms with Crippen molar-refractivity contribution in [1.82, 2.24) is 30.1 Å². The Morgan fingerprint density at radius 3 is 2.59 bits per heavy atom. The predicted octanol–water partition coefficient (Wildman–Crippen LogP) is 4.05. The molecule has 1 aliphatic rings. The highest BCUT2D eigenvalue weighted by molar-refractivity contribution is 5.57. The summed E-state index contributed by atoms with van der Waals surface area (Å²) in [5.74, 6) is 1.66. The maximum atomic E-state index is 13.3. The van der Waals surface area contributed by atoms with Gasteiger partial charge in [-0.25, -0.2) is 19.3 Å². The lowest BCUT2D eigenvalue weighted by molar-refractivity contribution is 0.169. The molecular weight excluding hydrogens is 433 g/mol. The van der Waals surface area contributed by atoms with Gasteiger partial charge in [0.1, 0.15) is 23.5 Å². The van der Waals surface area contributed by atoms with Crippen molar-refractivity contribution in [3.63, 3.8) is 0 Å². The molecule has 5 heterocycles. The summed E-state index contributed by atoms with van der Waals surface area (Å²) in [7, 11) is 0. The topological polar surface area (TPSA) is 92.7 Å². The molecule has 8 nitrogen and oxygen atoms in total. The molecule has 5 rings (SSSR count). The van der Waals surface area contributed by atoms with E-state index in [2.05, 4.69) is 30.0 Å². The second kappa shape index (κ2) is 9.54. The number of aromatic amines is 1. The Morgan fingerprint density at radius 2 is 1.88 bits per heavy atom. The first-order chi connectivity index (χ1) is 16.5. The number of hydrogen-bond acceptors (Lipinski definition) is 7. The van der Waals surface area contributed by atoms with Crippen molar-refractivity contribution in [2.75, 3.05) is 18.0 Å². The maximum absolute atomic E-state index is 13.3. The smallest absolute Gasteiger partial charge is 0.161 e. The number of piperidine rings is 1. The Kier molecular flexibility index (Phi) is 6.16. The molecule has 0 atom stereocenters. The van der Waals surface area contributed by atoms with Crippen LogP contribution in [-0.2, 0) is 6.42 Å². The second-order valence-corrected chi connectivity index (χ2v) is 8.59. The first-order valence-corrected chi connectivity index (χ1v) is 11.4. The molecule has 1 fully saturated rings. The van der Waals surface area contributed by atoms with Gasteiger partial charge in [-0.2, -0.15) is 5.10 Å². The number of halogens is 1. The van der Waals surface area contributed by atoms with Gasteiger partial charge in [-0.15, -0.1) is 0 Å². The summed E-state index contributed by atoms with van der Waals surface area (Å²) in [5, 5.41) is 7.28. The van der Waals surface area contributed by atoms with Gasteiger partial charge in [-0.1, -0.05) is 0 Å². The number of aryl methyl sites for hydroxylation is 2. The van der Waals surface area contributed by atoms with E-state index in [0.29, 0.717) is 18.0 Å². The molecule has 1 N–H and O–H groups in total. The fourth-order valence-electron chi connectivity index (χ4n) is 4.16. The third-order valence-corrected chi connectivity index (χ3v) is 5.78. The van der Waals surface area contributed by atoms with E-state index in [9.17, 15) is 4.39 Å². The van der Waals surface area contributed by atoms with Crippen LogP contribution in [-0.4, -0.2) is 49.3 Å². The third kappa shape index (κ3) is 5.19. The number of nitrogens with one attached hydrogen (secondary N) is 1. The lowest BCUT2D eigenvalue weighted by atomic mass is 10.1. The molecule has 0 amide bonds. The van der Waals surface area contributed by atoms with E-state index in [0.717, 1.165) is 60.1 Å². The van der Waals surface area contributed by atoms with Crippen molar-refractivity contribution in [3.05, 3.63) is 77.5 Å². The van der Waals surface area contributed by atoms with Crippen molar-refractivity contribution in [3.8, 4) is 17.1 Å². The Morgan fingerprint density at radius 1 is 1.03 bits per heavy atom. The van der Waals surface area contributed by atoms with Gasteiger partial charge in [0.2, 0.25) is 0 Å². The summed E-state index contributed by atoms with van der Waals surface area (Å²) in [5.41, 5.74) is 4.70. The van der Waals surface area contributed by atoms with Crippen LogP contribution < -0.4 is 9.64 Å². The van der Waals surface area contributed by atoms with E-state index in [1.54, 1.807) is 6.20 Å². The highest BCUT2D eigenvalue weighted by Gasteiger charge is 2.22. The summed E-state index contributed by atoms with van der Waals surface area (Å²) in [4.78, 5) is 20.1. The lowest BCUT2D eigenvalue weighted by Crippen LogP contribution is -2.38. The SMILES string of the molecule is Cc1cc(Cc2cc(C)[nH]n2)nc(-c2ccc(N3CCC(Oc4cncc(F)c4)CC3)nc2)n1. The maximum Gasteiger partial charge on any atom is 0.161 e. The van der Waals surface area contributed by atoms with Gasteiger partial charge >= 0.3 is 0 Å². The number of aromatic nitrogens is 6.